The quantitative estimate of drug-likeness (QED) is 0.560. The second-order valence-electron chi connectivity index (χ2n) is 5.54. The number of benzene rings is 2. The summed E-state index contributed by atoms with van der Waals surface area (Å²) in [6.07, 6.45) is 0.348. The van der Waals surface area contributed by atoms with Crippen molar-refractivity contribution >= 4 is 27.1 Å². The molecule has 0 unspecified atom stereocenters. The topological polar surface area (TPSA) is 84.6 Å². The minimum atomic E-state index is -0.665. The van der Waals surface area contributed by atoms with Crippen LogP contribution in [0.2, 0.25) is 0 Å². The molecule has 0 spiro atoms. The number of anilines is 2. The molecule has 9 heteroatoms. The number of fused-ring (bicyclic) bond motifs is 1. The van der Waals surface area contributed by atoms with E-state index in [1.54, 1.807) is 17.7 Å². The summed E-state index contributed by atoms with van der Waals surface area (Å²) in [6, 6.07) is 11.7. The Hall–Kier alpha value is -3.20. The highest BCUT2D eigenvalue weighted by Gasteiger charge is 2.13. The maximum absolute atomic E-state index is 13.5. The van der Waals surface area contributed by atoms with Gasteiger partial charge in [-0.15, -0.1) is 15.3 Å². The van der Waals surface area contributed by atoms with E-state index < -0.39 is 5.82 Å². The number of hydrogen-bond acceptors (Lipinski definition) is 7. The zero-order chi connectivity index (χ0) is 18.1. The van der Waals surface area contributed by atoms with Gasteiger partial charge in [0.1, 0.15) is 5.75 Å². The molecule has 0 bridgehead atoms. The van der Waals surface area contributed by atoms with Crippen LogP contribution in [-0.2, 0) is 6.42 Å². The van der Waals surface area contributed by atoms with Gasteiger partial charge in [0.25, 0.3) is 0 Å². The molecule has 0 atom stereocenters. The number of aromatic hydroxyl groups is 1. The lowest BCUT2D eigenvalue weighted by molar-refractivity contribution is 0.415. The predicted octanol–water partition coefficient (Wildman–Crippen LogP) is 3.37. The molecule has 0 aliphatic heterocycles. The minimum absolute atomic E-state index is 0.348. The fraction of sp³-hybridized carbons (Fsp3) is 0.118. The van der Waals surface area contributed by atoms with Crippen LogP contribution in [0.5, 0.6) is 11.5 Å². The number of phenols is 1. The summed E-state index contributed by atoms with van der Waals surface area (Å²) in [5.74, 6) is 0.286. The van der Waals surface area contributed by atoms with Gasteiger partial charge in [0, 0.05) is 18.2 Å². The zero-order valence-corrected chi connectivity index (χ0v) is 14.5. The summed E-state index contributed by atoms with van der Waals surface area (Å²) < 4.78 is 20.3. The minimum Gasteiger partial charge on any atom is -0.505 e. The average molecular weight is 371 g/mol. The Morgan fingerprint density at radius 1 is 1.23 bits per heavy atom. The lowest BCUT2D eigenvalue weighted by Crippen LogP contribution is -1.99. The molecule has 26 heavy (non-hydrogen) atoms. The van der Waals surface area contributed by atoms with Crippen molar-refractivity contribution in [3.05, 3.63) is 59.7 Å². The van der Waals surface area contributed by atoms with Gasteiger partial charge < -0.3 is 15.2 Å². The third kappa shape index (κ3) is 3.16. The van der Waals surface area contributed by atoms with Crippen molar-refractivity contribution in [3.8, 4) is 11.5 Å². The van der Waals surface area contributed by atoms with E-state index >= 15 is 0 Å². The monoisotopic (exact) mass is 371 g/mol. The molecule has 4 aromatic rings. The molecule has 0 saturated heterocycles. The second-order valence-corrected chi connectivity index (χ2v) is 6.49. The maximum atomic E-state index is 13.5. The van der Waals surface area contributed by atoms with E-state index in [0.717, 1.165) is 11.4 Å². The smallest absolute Gasteiger partial charge is 0.236 e. The van der Waals surface area contributed by atoms with Crippen molar-refractivity contribution in [3.63, 3.8) is 0 Å². The van der Waals surface area contributed by atoms with Crippen molar-refractivity contribution in [1.82, 2.24) is 19.8 Å². The lowest BCUT2D eigenvalue weighted by atomic mass is 10.1. The van der Waals surface area contributed by atoms with Gasteiger partial charge in [-0.25, -0.2) is 4.39 Å². The Labute approximate surface area is 151 Å². The summed E-state index contributed by atoms with van der Waals surface area (Å²) in [5.41, 5.74) is 1.52. The number of ether oxygens (including phenoxy) is 1. The van der Waals surface area contributed by atoms with Crippen molar-refractivity contribution < 1.29 is 14.2 Å². The standard InChI is InChI=1S/C17H14FN5O2S/c1-25-12-4-2-3-11(9-12)19-16-22-23-15(20-21-17(23)26-16)8-10-5-6-14(24)13(18)7-10/h2-7,9,24H,8H2,1H3,(H,19,22). The van der Waals surface area contributed by atoms with Gasteiger partial charge in [-0.3, -0.25) is 0 Å². The first-order chi connectivity index (χ1) is 12.6. The van der Waals surface area contributed by atoms with Crippen molar-refractivity contribution in [2.75, 3.05) is 12.4 Å². The van der Waals surface area contributed by atoms with Gasteiger partial charge in [-0.05, 0) is 29.8 Å². The molecular weight excluding hydrogens is 357 g/mol. The van der Waals surface area contributed by atoms with E-state index in [9.17, 15) is 9.50 Å². The normalized spacial score (nSPS) is 11.0. The molecule has 4 rings (SSSR count). The highest BCUT2D eigenvalue weighted by Crippen LogP contribution is 2.26. The van der Waals surface area contributed by atoms with E-state index in [1.165, 1.54) is 23.5 Å². The van der Waals surface area contributed by atoms with Crippen LogP contribution in [-0.4, -0.2) is 32.0 Å². The third-order valence-electron chi connectivity index (χ3n) is 3.75. The van der Waals surface area contributed by atoms with E-state index in [2.05, 4.69) is 20.6 Å². The SMILES string of the molecule is COc1cccc(Nc2nn3c(Cc4ccc(O)c(F)c4)nnc3s2)c1. The molecule has 2 aromatic carbocycles. The van der Waals surface area contributed by atoms with Crippen LogP contribution in [0, 0.1) is 5.82 Å². The lowest BCUT2D eigenvalue weighted by Gasteiger charge is -2.04. The second kappa shape index (κ2) is 6.60. The molecule has 132 valence electrons. The van der Waals surface area contributed by atoms with Gasteiger partial charge in [-0.2, -0.15) is 4.52 Å². The van der Waals surface area contributed by atoms with E-state index in [0.29, 0.717) is 27.9 Å². The van der Waals surface area contributed by atoms with Gasteiger partial charge in [0.2, 0.25) is 10.1 Å². The Morgan fingerprint density at radius 3 is 2.92 bits per heavy atom. The van der Waals surface area contributed by atoms with Crippen LogP contribution in [0.15, 0.2) is 42.5 Å². The number of halogens is 1. The summed E-state index contributed by atoms with van der Waals surface area (Å²) in [6.45, 7) is 0. The van der Waals surface area contributed by atoms with Crippen molar-refractivity contribution in [1.29, 1.82) is 0 Å². The van der Waals surface area contributed by atoms with E-state index in [4.69, 9.17) is 4.74 Å². The maximum Gasteiger partial charge on any atom is 0.236 e. The highest BCUT2D eigenvalue weighted by atomic mass is 32.1. The predicted molar refractivity (Wildman–Crippen MR) is 95.8 cm³/mol. The first-order valence-corrected chi connectivity index (χ1v) is 8.53. The highest BCUT2D eigenvalue weighted by molar-refractivity contribution is 7.20. The molecule has 0 radical (unpaired) electrons. The Kier molecular flexibility index (Phi) is 4.13. The first-order valence-electron chi connectivity index (χ1n) is 7.72. The molecular formula is C17H14FN5O2S. The number of hydrogen-bond donors (Lipinski definition) is 2. The Morgan fingerprint density at radius 2 is 2.12 bits per heavy atom. The summed E-state index contributed by atoms with van der Waals surface area (Å²) in [5, 5.41) is 25.8. The average Bonchev–Trinajstić information content (AvgIpc) is 3.19. The number of rotatable bonds is 5. The van der Waals surface area contributed by atoms with Gasteiger partial charge in [0.15, 0.2) is 17.4 Å². The molecule has 0 amide bonds. The van der Waals surface area contributed by atoms with E-state index in [-0.39, 0.29) is 5.75 Å². The first kappa shape index (κ1) is 16.3. The molecule has 0 aliphatic rings. The van der Waals surface area contributed by atoms with E-state index in [1.807, 2.05) is 24.3 Å². The zero-order valence-electron chi connectivity index (χ0n) is 13.7. The van der Waals surface area contributed by atoms with Crippen LogP contribution in [0.25, 0.3) is 4.96 Å². The van der Waals surface area contributed by atoms with Crippen LogP contribution >= 0.6 is 11.3 Å². The number of methoxy groups -OCH3 is 1. The molecule has 2 heterocycles. The molecule has 0 aliphatic carbocycles. The summed E-state index contributed by atoms with van der Waals surface area (Å²) >= 11 is 1.35. The van der Waals surface area contributed by atoms with Crippen molar-refractivity contribution in [2.45, 2.75) is 6.42 Å². The Balaban J connectivity index is 1.59. The molecule has 2 N–H and O–H groups in total. The molecule has 0 fully saturated rings. The number of nitrogens with one attached hydrogen (secondary N) is 1. The van der Waals surface area contributed by atoms with Gasteiger partial charge in [-0.1, -0.05) is 23.5 Å². The molecule has 7 nitrogen and oxygen atoms in total. The summed E-state index contributed by atoms with van der Waals surface area (Å²) in [4.78, 5) is 0.629. The largest absolute Gasteiger partial charge is 0.505 e. The summed E-state index contributed by atoms with van der Waals surface area (Å²) in [7, 11) is 1.61. The third-order valence-corrected chi connectivity index (χ3v) is 4.57. The number of aromatic nitrogens is 4. The van der Waals surface area contributed by atoms with Crippen LogP contribution in [0.1, 0.15) is 11.4 Å². The van der Waals surface area contributed by atoms with Gasteiger partial charge in [0.05, 0.1) is 7.11 Å². The van der Waals surface area contributed by atoms with Crippen LogP contribution in [0.3, 0.4) is 0 Å². The number of nitrogens with zero attached hydrogens (tertiary/aromatic N) is 4. The van der Waals surface area contributed by atoms with Gasteiger partial charge >= 0.3 is 0 Å². The number of phenolic OH excluding ortho intramolecular Hbond substituents is 1. The fourth-order valence-electron chi connectivity index (χ4n) is 2.49. The Bertz CT molecular complexity index is 1080. The molecule has 2 aromatic heterocycles. The van der Waals surface area contributed by atoms with Crippen LogP contribution in [0.4, 0.5) is 15.2 Å². The fourth-order valence-corrected chi connectivity index (χ4v) is 3.26. The van der Waals surface area contributed by atoms with Crippen molar-refractivity contribution in [2.24, 2.45) is 0 Å². The van der Waals surface area contributed by atoms with Crippen LogP contribution < -0.4 is 10.1 Å². The molecule has 0 saturated carbocycles.